The summed E-state index contributed by atoms with van der Waals surface area (Å²) in [6.45, 7) is 4.31. The van der Waals surface area contributed by atoms with Gasteiger partial charge in [0.05, 0.1) is 0 Å². The smallest absolute Gasteiger partial charge is 0.0455 e. The van der Waals surface area contributed by atoms with Crippen LogP contribution in [-0.4, -0.2) is 31.2 Å². The van der Waals surface area contributed by atoms with Crippen molar-refractivity contribution in [2.75, 3.05) is 36.0 Å². The molecule has 0 saturated carbocycles. The number of rotatable bonds is 2. The van der Waals surface area contributed by atoms with Gasteiger partial charge < -0.3 is 14.8 Å². The number of aromatic nitrogens is 1. The van der Waals surface area contributed by atoms with Crippen molar-refractivity contribution in [3.63, 3.8) is 0 Å². The van der Waals surface area contributed by atoms with Gasteiger partial charge in [-0.05, 0) is 36.4 Å². The lowest BCUT2D eigenvalue weighted by Gasteiger charge is -2.37. The predicted molar refractivity (Wildman–Crippen MR) is 89.2 cm³/mol. The fourth-order valence-corrected chi connectivity index (χ4v) is 3.10. The van der Waals surface area contributed by atoms with E-state index < -0.39 is 0 Å². The zero-order valence-corrected chi connectivity index (χ0v) is 12.0. The molecule has 0 atom stereocenters. The molecule has 0 bridgehead atoms. The SMILES string of the molecule is c1ccc(N2CCN(c3ccc4[nH]ccc4c3)CC2)cc1. The molecule has 2 heterocycles. The zero-order valence-electron chi connectivity index (χ0n) is 12.0. The Morgan fingerprint density at radius 1 is 0.714 bits per heavy atom. The van der Waals surface area contributed by atoms with Gasteiger partial charge in [0, 0.05) is 54.7 Å². The van der Waals surface area contributed by atoms with Crippen LogP contribution in [0.5, 0.6) is 0 Å². The summed E-state index contributed by atoms with van der Waals surface area (Å²) in [6.07, 6.45) is 2.00. The third-order valence-electron chi connectivity index (χ3n) is 4.30. The van der Waals surface area contributed by atoms with Gasteiger partial charge in [0.15, 0.2) is 0 Å². The molecular formula is C18H19N3. The van der Waals surface area contributed by atoms with Gasteiger partial charge >= 0.3 is 0 Å². The van der Waals surface area contributed by atoms with E-state index >= 15 is 0 Å². The molecule has 1 N–H and O–H groups in total. The second-order valence-corrected chi connectivity index (χ2v) is 5.56. The van der Waals surface area contributed by atoms with Crippen LogP contribution in [0.1, 0.15) is 0 Å². The molecule has 1 fully saturated rings. The summed E-state index contributed by atoms with van der Waals surface area (Å²) in [7, 11) is 0. The highest BCUT2D eigenvalue weighted by molar-refractivity contribution is 5.83. The molecule has 0 spiro atoms. The lowest BCUT2D eigenvalue weighted by atomic mass is 10.2. The molecule has 0 aliphatic carbocycles. The summed E-state index contributed by atoms with van der Waals surface area (Å²) < 4.78 is 0. The van der Waals surface area contributed by atoms with Gasteiger partial charge in [-0.3, -0.25) is 0 Å². The lowest BCUT2D eigenvalue weighted by molar-refractivity contribution is 0.654. The molecule has 21 heavy (non-hydrogen) atoms. The van der Waals surface area contributed by atoms with Crippen LogP contribution in [0.2, 0.25) is 0 Å². The number of piperazine rings is 1. The lowest BCUT2D eigenvalue weighted by Crippen LogP contribution is -2.46. The molecule has 3 nitrogen and oxygen atoms in total. The van der Waals surface area contributed by atoms with Gasteiger partial charge in [0.2, 0.25) is 0 Å². The maximum absolute atomic E-state index is 3.25. The number of anilines is 2. The Bertz CT molecular complexity index is 724. The third kappa shape index (κ3) is 2.35. The van der Waals surface area contributed by atoms with Crippen LogP contribution < -0.4 is 9.80 Å². The topological polar surface area (TPSA) is 22.3 Å². The number of fused-ring (bicyclic) bond motifs is 1. The second-order valence-electron chi connectivity index (χ2n) is 5.56. The Morgan fingerprint density at radius 2 is 1.43 bits per heavy atom. The van der Waals surface area contributed by atoms with Crippen molar-refractivity contribution in [3.8, 4) is 0 Å². The summed E-state index contributed by atoms with van der Waals surface area (Å²) in [4.78, 5) is 8.19. The van der Waals surface area contributed by atoms with Crippen molar-refractivity contribution in [2.24, 2.45) is 0 Å². The van der Waals surface area contributed by atoms with Crippen LogP contribution in [-0.2, 0) is 0 Å². The summed E-state index contributed by atoms with van der Waals surface area (Å²) in [6, 6.07) is 19.5. The molecule has 0 amide bonds. The van der Waals surface area contributed by atoms with Crippen LogP contribution in [0.25, 0.3) is 10.9 Å². The molecule has 1 aromatic heterocycles. The summed E-state index contributed by atoms with van der Waals surface area (Å²) in [5.41, 5.74) is 3.87. The zero-order chi connectivity index (χ0) is 14.1. The largest absolute Gasteiger partial charge is 0.368 e. The molecule has 2 aromatic carbocycles. The predicted octanol–water partition coefficient (Wildman–Crippen LogP) is 3.49. The highest BCUT2D eigenvalue weighted by Gasteiger charge is 2.17. The molecule has 106 valence electrons. The van der Waals surface area contributed by atoms with E-state index in [1.807, 2.05) is 6.20 Å². The third-order valence-corrected chi connectivity index (χ3v) is 4.30. The molecule has 4 rings (SSSR count). The van der Waals surface area contributed by atoms with Crippen molar-refractivity contribution in [2.45, 2.75) is 0 Å². The first-order valence-electron chi connectivity index (χ1n) is 7.52. The van der Waals surface area contributed by atoms with E-state index in [9.17, 15) is 0 Å². The first kappa shape index (κ1) is 12.3. The van der Waals surface area contributed by atoms with E-state index in [0.717, 1.165) is 26.2 Å². The van der Waals surface area contributed by atoms with Crippen LogP contribution >= 0.6 is 0 Å². The van der Waals surface area contributed by atoms with E-state index in [0.29, 0.717) is 0 Å². The van der Waals surface area contributed by atoms with Crippen LogP contribution in [0.4, 0.5) is 11.4 Å². The number of H-pyrrole nitrogens is 1. The quantitative estimate of drug-likeness (QED) is 0.774. The highest BCUT2D eigenvalue weighted by Crippen LogP contribution is 2.24. The number of benzene rings is 2. The minimum Gasteiger partial charge on any atom is -0.368 e. The van der Waals surface area contributed by atoms with Gasteiger partial charge in [-0.1, -0.05) is 18.2 Å². The van der Waals surface area contributed by atoms with Gasteiger partial charge in [-0.25, -0.2) is 0 Å². The molecule has 0 radical (unpaired) electrons. The van der Waals surface area contributed by atoms with Gasteiger partial charge in [-0.2, -0.15) is 0 Å². The number of hydrogen-bond acceptors (Lipinski definition) is 2. The standard InChI is InChI=1S/C18H19N3/c1-2-4-16(5-3-1)20-10-12-21(13-11-20)17-6-7-18-15(14-17)8-9-19-18/h1-9,14,19H,10-13H2. The molecule has 1 aliphatic rings. The molecule has 1 aliphatic heterocycles. The number of nitrogens with one attached hydrogen (secondary N) is 1. The van der Waals surface area contributed by atoms with E-state index in [2.05, 4.69) is 69.4 Å². The van der Waals surface area contributed by atoms with Gasteiger partial charge in [0.25, 0.3) is 0 Å². The Balaban J connectivity index is 1.49. The van der Waals surface area contributed by atoms with Crippen LogP contribution in [0.3, 0.4) is 0 Å². The average molecular weight is 277 g/mol. The normalized spacial score (nSPS) is 15.6. The van der Waals surface area contributed by atoms with Gasteiger partial charge in [0.1, 0.15) is 0 Å². The Morgan fingerprint density at radius 3 is 2.19 bits per heavy atom. The Kier molecular flexibility index (Phi) is 3.03. The maximum Gasteiger partial charge on any atom is 0.0455 e. The number of hydrogen-bond donors (Lipinski definition) is 1. The summed E-state index contributed by atoms with van der Waals surface area (Å²) in [5.74, 6) is 0. The summed E-state index contributed by atoms with van der Waals surface area (Å²) in [5, 5.41) is 1.29. The van der Waals surface area contributed by atoms with E-state index in [1.165, 1.54) is 22.3 Å². The highest BCUT2D eigenvalue weighted by atomic mass is 15.3. The number of aromatic amines is 1. The number of nitrogens with zero attached hydrogens (tertiary/aromatic N) is 2. The first-order chi connectivity index (χ1) is 10.4. The fourth-order valence-electron chi connectivity index (χ4n) is 3.10. The molecule has 0 unspecified atom stereocenters. The average Bonchev–Trinajstić information content (AvgIpc) is 3.03. The van der Waals surface area contributed by atoms with Gasteiger partial charge in [-0.15, -0.1) is 0 Å². The van der Waals surface area contributed by atoms with Crippen molar-refractivity contribution in [3.05, 3.63) is 60.8 Å². The Labute approximate surface area is 124 Å². The van der Waals surface area contributed by atoms with Crippen LogP contribution in [0, 0.1) is 0 Å². The van der Waals surface area contributed by atoms with E-state index in [-0.39, 0.29) is 0 Å². The minimum absolute atomic E-state index is 1.07. The van der Waals surface area contributed by atoms with Crippen molar-refractivity contribution < 1.29 is 0 Å². The summed E-state index contributed by atoms with van der Waals surface area (Å²) >= 11 is 0. The van der Waals surface area contributed by atoms with Crippen molar-refractivity contribution in [1.82, 2.24) is 4.98 Å². The fraction of sp³-hybridized carbons (Fsp3) is 0.222. The molecular weight excluding hydrogens is 258 g/mol. The van der Waals surface area contributed by atoms with Crippen molar-refractivity contribution >= 4 is 22.3 Å². The minimum atomic E-state index is 1.07. The maximum atomic E-state index is 3.25. The second kappa shape index (κ2) is 5.17. The van der Waals surface area contributed by atoms with Crippen LogP contribution in [0.15, 0.2) is 60.8 Å². The first-order valence-corrected chi connectivity index (χ1v) is 7.52. The molecule has 3 aromatic rings. The van der Waals surface area contributed by atoms with Crippen molar-refractivity contribution in [1.29, 1.82) is 0 Å². The monoisotopic (exact) mass is 277 g/mol. The molecule has 3 heteroatoms. The van der Waals surface area contributed by atoms with E-state index in [1.54, 1.807) is 0 Å². The number of para-hydroxylation sites is 1. The molecule has 1 saturated heterocycles. The van der Waals surface area contributed by atoms with E-state index in [4.69, 9.17) is 0 Å². The Hall–Kier alpha value is -2.42.